The Hall–Kier alpha value is -2.97. The van der Waals surface area contributed by atoms with Crippen LogP contribution in [0.5, 0.6) is 0 Å². The zero-order valence-corrected chi connectivity index (χ0v) is 17.6. The summed E-state index contributed by atoms with van der Waals surface area (Å²) in [6.07, 6.45) is 1.28. The summed E-state index contributed by atoms with van der Waals surface area (Å²) in [5, 5.41) is 0.580. The first kappa shape index (κ1) is 21.3. The summed E-state index contributed by atoms with van der Waals surface area (Å²) < 4.78 is 20.5. The molecular formula is C22H21ClFN3O4. The van der Waals surface area contributed by atoms with Gasteiger partial charge in [0.25, 0.3) is 0 Å². The second-order valence-electron chi connectivity index (χ2n) is 7.58. The molecule has 7 nitrogen and oxygen atoms in total. The van der Waals surface area contributed by atoms with Crippen LogP contribution >= 0.6 is 11.6 Å². The largest absolute Gasteiger partial charge is 0.465 e. The van der Waals surface area contributed by atoms with Crippen LogP contribution in [-0.4, -0.2) is 52.9 Å². The lowest BCUT2D eigenvalue weighted by atomic mass is 10.0. The second-order valence-corrected chi connectivity index (χ2v) is 8.01. The lowest BCUT2D eigenvalue weighted by Gasteiger charge is -2.32. The Labute approximate surface area is 182 Å². The summed E-state index contributed by atoms with van der Waals surface area (Å²) in [7, 11) is 1.17. The fourth-order valence-corrected chi connectivity index (χ4v) is 4.17. The normalized spacial score (nSPS) is 15.3. The van der Waals surface area contributed by atoms with Gasteiger partial charge in [0.2, 0.25) is 0 Å². The molecule has 1 aliphatic rings. The number of aromatic amines is 1. The number of aromatic nitrogens is 2. The molecule has 162 valence electrons. The minimum Gasteiger partial charge on any atom is -0.465 e. The van der Waals surface area contributed by atoms with Gasteiger partial charge in [-0.25, -0.2) is 14.0 Å². The number of halogens is 2. The van der Waals surface area contributed by atoms with Gasteiger partial charge in [-0.1, -0.05) is 11.6 Å². The molecule has 0 bridgehead atoms. The van der Waals surface area contributed by atoms with E-state index in [1.165, 1.54) is 23.8 Å². The van der Waals surface area contributed by atoms with Gasteiger partial charge in [0.15, 0.2) is 5.78 Å². The number of esters is 1. The third kappa shape index (κ3) is 4.26. The minimum atomic E-state index is -0.799. The Morgan fingerprint density at radius 3 is 2.52 bits per heavy atom. The number of nitrogens with zero attached hydrogens (tertiary/aromatic N) is 2. The quantitative estimate of drug-likeness (QED) is 0.480. The summed E-state index contributed by atoms with van der Waals surface area (Å²) in [4.78, 5) is 41.5. The van der Waals surface area contributed by atoms with Gasteiger partial charge in [-0.15, -0.1) is 0 Å². The van der Waals surface area contributed by atoms with Crippen molar-refractivity contribution in [1.82, 2.24) is 14.5 Å². The van der Waals surface area contributed by atoms with Gasteiger partial charge >= 0.3 is 11.7 Å². The third-order valence-corrected chi connectivity index (χ3v) is 5.92. The number of nitrogens with one attached hydrogen (secondary N) is 1. The number of hydrogen-bond acceptors (Lipinski definition) is 5. The number of carbonyl (C=O) groups is 2. The SMILES string of the molecule is COC(=O)c1cc2[nH]c(=O)n(C3CCN(CC(=O)c4ccc(Cl)cc4)CC3)c2cc1F. The number of H-pyrrole nitrogens is 1. The summed E-state index contributed by atoms with van der Waals surface area (Å²) in [6.45, 7) is 1.55. The molecule has 0 unspecified atom stereocenters. The summed E-state index contributed by atoms with van der Waals surface area (Å²) in [5.74, 6) is -1.53. The predicted octanol–water partition coefficient (Wildman–Crippen LogP) is 3.43. The molecule has 4 rings (SSSR count). The van der Waals surface area contributed by atoms with Gasteiger partial charge in [-0.2, -0.15) is 0 Å². The molecule has 1 fully saturated rings. The Bertz CT molecular complexity index is 1190. The summed E-state index contributed by atoms with van der Waals surface area (Å²) >= 11 is 5.87. The van der Waals surface area contributed by atoms with Crippen LogP contribution in [0.4, 0.5) is 4.39 Å². The van der Waals surface area contributed by atoms with Crippen molar-refractivity contribution in [2.45, 2.75) is 18.9 Å². The van der Waals surface area contributed by atoms with Gasteiger partial charge < -0.3 is 9.72 Å². The minimum absolute atomic E-state index is 0.0109. The van der Waals surface area contributed by atoms with Gasteiger partial charge in [0, 0.05) is 35.8 Å². The molecule has 0 aliphatic carbocycles. The van der Waals surface area contributed by atoms with Crippen molar-refractivity contribution in [2.75, 3.05) is 26.7 Å². The number of Topliss-reactive ketones (excluding diaryl/α,β-unsaturated/α-hetero) is 1. The van der Waals surface area contributed by atoms with Crippen molar-refractivity contribution < 1.29 is 18.7 Å². The van der Waals surface area contributed by atoms with Crippen LogP contribution in [0.3, 0.4) is 0 Å². The van der Waals surface area contributed by atoms with E-state index in [2.05, 4.69) is 9.72 Å². The standard InChI is InChI=1S/C22H21ClFN3O4/c1-31-21(29)16-10-18-19(11-17(16)24)27(22(30)25-18)15-6-8-26(9-7-15)12-20(28)13-2-4-14(23)5-3-13/h2-5,10-11,15H,6-9,12H2,1H3,(H,25,30). The molecule has 0 radical (unpaired) electrons. The lowest BCUT2D eigenvalue weighted by molar-refractivity contribution is 0.0595. The van der Waals surface area contributed by atoms with Crippen LogP contribution in [0, 0.1) is 5.82 Å². The number of ketones is 1. The van der Waals surface area contributed by atoms with E-state index in [4.69, 9.17) is 11.6 Å². The van der Waals surface area contributed by atoms with Crippen LogP contribution in [0.25, 0.3) is 11.0 Å². The van der Waals surface area contributed by atoms with E-state index in [-0.39, 0.29) is 29.6 Å². The topological polar surface area (TPSA) is 84.4 Å². The fourth-order valence-electron chi connectivity index (χ4n) is 4.04. The number of hydrogen-bond donors (Lipinski definition) is 1. The Morgan fingerprint density at radius 2 is 1.87 bits per heavy atom. The number of likely N-dealkylation sites (tertiary alicyclic amines) is 1. The predicted molar refractivity (Wildman–Crippen MR) is 114 cm³/mol. The fraction of sp³-hybridized carbons (Fsp3) is 0.318. The van der Waals surface area contributed by atoms with Gasteiger partial charge in [-0.05, 0) is 43.2 Å². The van der Waals surface area contributed by atoms with Crippen molar-refractivity contribution in [3.05, 3.63) is 68.8 Å². The molecule has 0 amide bonds. The summed E-state index contributed by atoms with van der Waals surface area (Å²) in [5.41, 5.74) is 0.820. The van der Waals surface area contributed by atoms with E-state index >= 15 is 0 Å². The van der Waals surface area contributed by atoms with E-state index in [1.807, 2.05) is 4.90 Å². The van der Waals surface area contributed by atoms with Crippen molar-refractivity contribution in [3.8, 4) is 0 Å². The Morgan fingerprint density at radius 1 is 1.19 bits per heavy atom. The number of methoxy groups -OCH3 is 1. The molecule has 1 aromatic heterocycles. The average Bonchev–Trinajstić information content (AvgIpc) is 3.08. The molecule has 31 heavy (non-hydrogen) atoms. The maximum atomic E-state index is 14.4. The smallest absolute Gasteiger partial charge is 0.340 e. The summed E-state index contributed by atoms with van der Waals surface area (Å²) in [6, 6.07) is 9.15. The molecule has 0 spiro atoms. The van der Waals surface area contributed by atoms with E-state index in [0.717, 1.165) is 0 Å². The molecule has 1 saturated heterocycles. The maximum absolute atomic E-state index is 14.4. The number of fused-ring (bicyclic) bond motifs is 1. The zero-order valence-electron chi connectivity index (χ0n) is 16.9. The first-order chi connectivity index (χ1) is 14.9. The van der Waals surface area contributed by atoms with Gasteiger partial charge in [0.1, 0.15) is 5.82 Å². The first-order valence-electron chi connectivity index (χ1n) is 9.90. The molecule has 3 aromatic rings. The highest BCUT2D eigenvalue weighted by atomic mass is 35.5. The molecule has 9 heteroatoms. The van der Waals surface area contributed by atoms with Crippen LogP contribution in [0.2, 0.25) is 5.02 Å². The van der Waals surface area contributed by atoms with Crippen molar-refractivity contribution in [2.24, 2.45) is 0 Å². The highest BCUT2D eigenvalue weighted by molar-refractivity contribution is 6.30. The zero-order chi connectivity index (χ0) is 22.1. The Balaban J connectivity index is 1.48. The van der Waals surface area contributed by atoms with Crippen LogP contribution in [-0.2, 0) is 4.74 Å². The van der Waals surface area contributed by atoms with Crippen molar-refractivity contribution in [1.29, 1.82) is 0 Å². The van der Waals surface area contributed by atoms with E-state index in [0.29, 0.717) is 47.6 Å². The number of carbonyl (C=O) groups excluding carboxylic acids is 2. The number of benzene rings is 2. The molecule has 2 heterocycles. The molecule has 0 saturated carbocycles. The molecule has 1 N–H and O–H groups in total. The number of piperidine rings is 1. The highest BCUT2D eigenvalue weighted by Gasteiger charge is 2.26. The van der Waals surface area contributed by atoms with E-state index in [9.17, 15) is 18.8 Å². The third-order valence-electron chi connectivity index (χ3n) is 5.67. The van der Waals surface area contributed by atoms with Crippen LogP contribution in [0.15, 0.2) is 41.2 Å². The van der Waals surface area contributed by atoms with Crippen LogP contribution < -0.4 is 5.69 Å². The van der Waals surface area contributed by atoms with Crippen molar-refractivity contribution >= 4 is 34.4 Å². The van der Waals surface area contributed by atoms with Crippen LogP contribution in [0.1, 0.15) is 39.6 Å². The number of ether oxygens (including phenoxy) is 1. The maximum Gasteiger partial charge on any atom is 0.340 e. The monoisotopic (exact) mass is 445 g/mol. The van der Waals surface area contributed by atoms with Crippen molar-refractivity contribution in [3.63, 3.8) is 0 Å². The molecule has 1 aliphatic heterocycles. The first-order valence-corrected chi connectivity index (χ1v) is 10.3. The van der Waals surface area contributed by atoms with Gasteiger partial charge in [-0.3, -0.25) is 14.3 Å². The Kier molecular flexibility index (Phi) is 5.93. The van der Waals surface area contributed by atoms with E-state index < -0.39 is 11.8 Å². The van der Waals surface area contributed by atoms with E-state index in [1.54, 1.807) is 24.3 Å². The lowest BCUT2D eigenvalue weighted by Crippen LogP contribution is -2.39. The van der Waals surface area contributed by atoms with Gasteiger partial charge in [0.05, 0.1) is 30.3 Å². The molecule has 0 atom stereocenters. The second kappa shape index (κ2) is 8.64. The number of rotatable bonds is 5. The molecular weight excluding hydrogens is 425 g/mol. The number of imidazole rings is 1. The highest BCUT2D eigenvalue weighted by Crippen LogP contribution is 2.26. The average molecular weight is 446 g/mol. The molecule has 2 aromatic carbocycles.